The third-order valence-electron chi connectivity index (χ3n) is 4.21. The zero-order valence-electron chi connectivity index (χ0n) is 14.7. The summed E-state index contributed by atoms with van der Waals surface area (Å²) in [5.41, 5.74) is 1.91. The molecule has 3 rings (SSSR count). The molecule has 0 aliphatic carbocycles. The van der Waals surface area contributed by atoms with Crippen LogP contribution in [0.3, 0.4) is 0 Å². The minimum atomic E-state index is -0.401. The van der Waals surface area contributed by atoms with Crippen LogP contribution in [0.1, 0.15) is 11.1 Å². The molecule has 3 aromatic carbocycles. The van der Waals surface area contributed by atoms with Gasteiger partial charge in [-0.25, -0.2) is 0 Å². The maximum Gasteiger partial charge on any atom is 0.310 e. The third-order valence-corrected chi connectivity index (χ3v) is 4.21. The summed E-state index contributed by atoms with van der Waals surface area (Å²) in [6.07, 6.45) is 0.153. The summed E-state index contributed by atoms with van der Waals surface area (Å²) < 4.78 is 5.15. The molecule has 3 aromatic rings. The first kappa shape index (κ1) is 17.7. The molecule has 26 heavy (non-hydrogen) atoms. The first-order valence-electron chi connectivity index (χ1n) is 8.53. The lowest BCUT2D eigenvalue weighted by Crippen LogP contribution is -2.31. The third kappa shape index (κ3) is 4.70. The topological polar surface area (TPSA) is 46.6 Å². The molecule has 0 fully saturated rings. The predicted molar refractivity (Wildman–Crippen MR) is 102 cm³/mol. The molecular weight excluding hydrogens is 326 g/mol. The molecule has 0 unspecified atom stereocenters. The van der Waals surface area contributed by atoms with Gasteiger partial charge in [0.25, 0.3) is 5.91 Å². The second-order valence-corrected chi connectivity index (χ2v) is 6.25. The van der Waals surface area contributed by atoms with E-state index in [0.717, 1.165) is 21.9 Å². The molecule has 0 aliphatic heterocycles. The van der Waals surface area contributed by atoms with Crippen LogP contribution in [0.25, 0.3) is 10.8 Å². The molecular formula is C22H21NO3. The van der Waals surface area contributed by atoms with E-state index >= 15 is 0 Å². The lowest BCUT2D eigenvalue weighted by atomic mass is 10.1. The second kappa shape index (κ2) is 8.30. The number of carbonyl (C=O) groups excluding carboxylic acids is 2. The zero-order valence-corrected chi connectivity index (χ0v) is 14.7. The molecule has 4 heteroatoms. The number of hydrogen-bond donors (Lipinski definition) is 0. The van der Waals surface area contributed by atoms with Gasteiger partial charge in [0.15, 0.2) is 6.61 Å². The Hall–Kier alpha value is -3.14. The van der Waals surface area contributed by atoms with Gasteiger partial charge in [0.1, 0.15) is 0 Å². The highest BCUT2D eigenvalue weighted by Crippen LogP contribution is 2.16. The number of hydrogen-bond acceptors (Lipinski definition) is 3. The number of benzene rings is 3. The molecule has 0 radical (unpaired) electrons. The highest BCUT2D eigenvalue weighted by atomic mass is 16.5. The van der Waals surface area contributed by atoms with Crippen molar-refractivity contribution < 1.29 is 14.3 Å². The summed E-state index contributed by atoms with van der Waals surface area (Å²) in [6, 6.07) is 23.5. The summed E-state index contributed by atoms with van der Waals surface area (Å²) in [7, 11) is 1.70. The largest absolute Gasteiger partial charge is 0.455 e. The van der Waals surface area contributed by atoms with Crippen LogP contribution in [0.4, 0.5) is 0 Å². The van der Waals surface area contributed by atoms with Gasteiger partial charge < -0.3 is 9.64 Å². The zero-order chi connectivity index (χ0) is 18.4. The monoisotopic (exact) mass is 347 g/mol. The van der Waals surface area contributed by atoms with Crippen LogP contribution in [-0.2, 0) is 27.3 Å². The predicted octanol–water partition coefficient (Wildman–Crippen LogP) is 3.58. The smallest absolute Gasteiger partial charge is 0.310 e. The van der Waals surface area contributed by atoms with E-state index in [1.54, 1.807) is 11.9 Å². The highest BCUT2D eigenvalue weighted by Gasteiger charge is 2.13. The van der Waals surface area contributed by atoms with Crippen molar-refractivity contribution in [2.75, 3.05) is 13.7 Å². The Morgan fingerprint density at radius 3 is 2.31 bits per heavy atom. The van der Waals surface area contributed by atoms with E-state index in [0.29, 0.717) is 6.54 Å². The van der Waals surface area contributed by atoms with E-state index in [1.807, 2.05) is 72.8 Å². The molecule has 1 amide bonds. The van der Waals surface area contributed by atoms with Crippen LogP contribution in [0.15, 0.2) is 72.8 Å². The molecule has 0 aromatic heterocycles. The van der Waals surface area contributed by atoms with E-state index in [9.17, 15) is 9.59 Å². The summed E-state index contributed by atoms with van der Waals surface area (Å²) in [4.78, 5) is 25.7. The molecule has 0 spiro atoms. The normalized spacial score (nSPS) is 10.5. The molecule has 4 nitrogen and oxygen atoms in total. The number of ether oxygens (including phenoxy) is 1. The summed E-state index contributed by atoms with van der Waals surface area (Å²) in [5, 5.41) is 2.21. The van der Waals surface area contributed by atoms with Gasteiger partial charge in [0, 0.05) is 13.6 Å². The van der Waals surface area contributed by atoms with E-state index < -0.39 is 5.97 Å². The number of carbonyl (C=O) groups is 2. The minimum Gasteiger partial charge on any atom is -0.455 e. The van der Waals surface area contributed by atoms with Crippen molar-refractivity contribution >= 4 is 22.6 Å². The molecule has 0 bridgehead atoms. The molecule has 0 aliphatic rings. The van der Waals surface area contributed by atoms with Crippen LogP contribution in [0.5, 0.6) is 0 Å². The molecule has 0 heterocycles. The average molecular weight is 347 g/mol. The van der Waals surface area contributed by atoms with Gasteiger partial charge in [-0.15, -0.1) is 0 Å². The summed E-state index contributed by atoms with van der Waals surface area (Å²) in [6.45, 7) is 0.248. The lowest BCUT2D eigenvalue weighted by molar-refractivity contribution is -0.151. The number of fused-ring (bicyclic) bond motifs is 1. The van der Waals surface area contributed by atoms with Crippen LogP contribution >= 0.6 is 0 Å². The van der Waals surface area contributed by atoms with Gasteiger partial charge >= 0.3 is 5.97 Å². The Morgan fingerprint density at radius 1 is 0.846 bits per heavy atom. The fourth-order valence-electron chi connectivity index (χ4n) is 2.76. The van der Waals surface area contributed by atoms with Gasteiger partial charge in [0.2, 0.25) is 0 Å². The minimum absolute atomic E-state index is 0.153. The van der Waals surface area contributed by atoms with Gasteiger partial charge in [-0.2, -0.15) is 0 Å². The van der Waals surface area contributed by atoms with Crippen molar-refractivity contribution in [3.05, 3.63) is 83.9 Å². The summed E-state index contributed by atoms with van der Waals surface area (Å²) in [5.74, 6) is -0.623. The Labute approximate surface area is 153 Å². The van der Waals surface area contributed by atoms with E-state index in [2.05, 4.69) is 0 Å². The quantitative estimate of drug-likeness (QED) is 0.640. The van der Waals surface area contributed by atoms with E-state index in [1.165, 1.54) is 0 Å². The van der Waals surface area contributed by atoms with Gasteiger partial charge in [-0.3, -0.25) is 9.59 Å². The lowest BCUT2D eigenvalue weighted by Gasteiger charge is -2.17. The average Bonchev–Trinajstić information content (AvgIpc) is 2.66. The number of esters is 1. The Kier molecular flexibility index (Phi) is 5.64. The first-order valence-corrected chi connectivity index (χ1v) is 8.53. The molecule has 132 valence electrons. The fourth-order valence-corrected chi connectivity index (χ4v) is 2.76. The maximum absolute atomic E-state index is 12.1. The van der Waals surface area contributed by atoms with Gasteiger partial charge in [-0.1, -0.05) is 72.8 Å². The van der Waals surface area contributed by atoms with Crippen molar-refractivity contribution in [2.45, 2.75) is 13.0 Å². The number of amides is 1. The standard InChI is InChI=1S/C22H21NO3/c1-23(15-17-7-3-2-4-8-17)21(24)16-26-22(25)14-18-11-12-19-9-5-6-10-20(19)13-18/h2-13H,14-16H2,1H3. The van der Waals surface area contributed by atoms with E-state index in [4.69, 9.17) is 4.74 Å². The van der Waals surface area contributed by atoms with Crippen LogP contribution in [0.2, 0.25) is 0 Å². The van der Waals surface area contributed by atoms with Gasteiger partial charge in [0.05, 0.1) is 6.42 Å². The number of likely N-dealkylation sites (N-methyl/N-ethyl adjacent to an activating group) is 1. The second-order valence-electron chi connectivity index (χ2n) is 6.25. The fraction of sp³-hybridized carbons (Fsp3) is 0.182. The summed E-state index contributed by atoms with van der Waals surface area (Å²) >= 11 is 0. The van der Waals surface area contributed by atoms with Gasteiger partial charge in [-0.05, 0) is 21.9 Å². The van der Waals surface area contributed by atoms with Crippen LogP contribution < -0.4 is 0 Å². The first-order chi connectivity index (χ1) is 12.6. The molecule has 0 saturated carbocycles. The van der Waals surface area contributed by atoms with Crippen LogP contribution in [0, 0.1) is 0 Å². The van der Waals surface area contributed by atoms with Crippen LogP contribution in [-0.4, -0.2) is 30.4 Å². The van der Waals surface area contributed by atoms with Crippen molar-refractivity contribution in [2.24, 2.45) is 0 Å². The molecule has 0 atom stereocenters. The Morgan fingerprint density at radius 2 is 1.54 bits per heavy atom. The Bertz CT molecular complexity index is 905. The van der Waals surface area contributed by atoms with Crippen molar-refractivity contribution in [1.82, 2.24) is 4.90 Å². The van der Waals surface area contributed by atoms with Crippen molar-refractivity contribution in [3.63, 3.8) is 0 Å². The maximum atomic E-state index is 12.1. The van der Waals surface area contributed by atoms with Crippen molar-refractivity contribution in [3.8, 4) is 0 Å². The molecule has 0 saturated heterocycles. The SMILES string of the molecule is CN(Cc1ccccc1)C(=O)COC(=O)Cc1ccc2ccccc2c1. The molecule has 0 N–H and O–H groups in total. The number of rotatable bonds is 6. The highest BCUT2D eigenvalue weighted by molar-refractivity contribution is 5.85. The Balaban J connectivity index is 1.50. The number of nitrogens with zero attached hydrogens (tertiary/aromatic N) is 1. The van der Waals surface area contributed by atoms with E-state index in [-0.39, 0.29) is 18.9 Å². The van der Waals surface area contributed by atoms with Crippen molar-refractivity contribution in [1.29, 1.82) is 0 Å².